The molecule has 0 fully saturated rings. The lowest BCUT2D eigenvalue weighted by Crippen LogP contribution is -2.24. The Morgan fingerprint density at radius 2 is 1.74 bits per heavy atom. The summed E-state index contributed by atoms with van der Waals surface area (Å²) >= 11 is 6.84. The summed E-state index contributed by atoms with van der Waals surface area (Å²) in [6.45, 7) is 6.72. The molecule has 4 aromatic rings. The van der Waals surface area contributed by atoms with Gasteiger partial charge in [0.15, 0.2) is 5.15 Å². The summed E-state index contributed by atoms with van der Waals surface area (Å²) in [7, 11) is 1.65. The van der Waals surface area contributed by atoms with Crippen LogP contribution in [0.2, 0.25) is 5.15 Å². The number of ether oxygens (including phenoxy) is 1. The van der Waals surface area contributed by atoms with Crippen LogP contribution in [-0.4, -0.2) is 32.6 Å². The Labute approximate surface area is 234 Å². The number of nitrogens with zero attached hydrogens (tertiary/aromatic N) is 3. The maximum atomic E-state index is 11.6. The highest BCUT2D eigenvalue weighted by atomic mass is 35.5. The number of methoxy groups -OCH3 is 1. The molecule has 3 N–H and O–H groups in total. The maximum Gasteiger partial charge on any atom is 0.252 e. The van der Waals surface area contributed by atoms with E-state index in [1.807, 2.05) is 42.5 Å². The Hall–Kier alpha value is -3.81. The molecule has 204 valence electrons. The number of aromatic nitrogens is 2. The first-order valence-electron chi connectivity index (χ1n) is 13.1. The van der Waals surface area contributed by atoms with E-state index in [-0.39, 0.29) is 11.3 Å². The summed E-state index contributed by atoms with van der Waals surface area (Å²) in [6, 6.07) is 21.1. The van der Waals surface area contributed by atoms with Gasteiger partial charge < -0.3 is 20.1 Å². The molecular weight excluding hydrogens is 512 g/mol. The minimum absolute atomic E-state index is 0.101. The number of primary amides is 1. The van der Waals surface area contributed by atoms with Crippen molar-refractivity contribution >= 4 is 17.5 Å². The van der Waals surface area contributed by atoms with Crippen molar-refractivity contribution in [3.05, 3.63) is 99.8 Å². The molecule has 0 aliphatic carbocycles. The highest BCUT2D eigenvalue weighted by molar-refractivity contribution is 6.30. The fourth-order valence-corrected chi connectivity index (χ4v) is 4.95. The topological polar surface area (TPSA) is 93.6 Å². The molecule has 0 aliphatic heterocycles. The fourth-order valence-electron chi connectivity index (χ4n) is 4.70. The van der Waals surface area contributed by atoms with Crippen LogP contribution >= 0.6 is 11.6 Å². The lowest BCUT2D eigenvalue weighted by Gasteiger charge is -2.24. The molecule has 1 amide bonds. The van der Waals surface area contributed by atoms with Gasteiger partial charge in [-0.15, -0.1) is 0 Å². The smallest absolute Gasteiger partial charge is 0.252 e. The molecule has 3 aromatic carbocycles. The molecule has 1 aromatic heterocycles. The molecule has 0 atom stereocenters. The van der Waals surface area contributed by atoms with Crippen molar-refractivity contribution in [3.63, 3.8) is 0 Å². The van der Waals surface area contributed by atoms with Crippen molar-refractivity contribution in [1.29, 1.82) is 0 Å². The number of rotatable bonds is 12. The highest BCUT2D eigenvalue weighted by Crippen LogP contribution is 2.30. The summed E-state index contributed by atoms with van der Waals surface area (Å²) in [5, 5.41) is 10.9. The van der Waals surface area contributed by atoms with Gasteiger partial charge in [-0.05, 0) is 54.3 Å². The Morgan fingerprint density at radius 1 is 1.05 bits per heavy atom. The molecule has 0 radical (unpaired) electrons. The second-order valence-electron chi connectivity index (χ2n) is 9.70. The predicted octanol–water partition coefficient (Wildman–Crippen LogP) is 6.33. The van der Waals surface area contributed by atoms with Gasteiger partial charge in [0.05, 0.1) is 18.4 Å². The van der Waals surface area contributed by atoms with Gasteiger partial charge in [-0.2, -0.15) is 0 Å². The summed E-state index contributed by atoms with van der Waals surface area (Å²) in [5.74, 6) is 0.872. The van der Waals surface area contributed by atoms with Gasteiger partial charge in [-0.25, -0.2) is 4.98 Å². The van der Waals surface area contributed by atoms with Crippen LogP contribution in [0.15, 0.2) is 66.7 Å². The Balaban J connectivity index is 1.72. The van der Waals surface area contributed by atoms with E-state index >= 15 is 0 Å². The van der Waals surface area contributed by atoms with E-state index in [0.717, 1.165) is 58.9 Å². The van der Waals surface area contributed by atoms with Gasteiger partial charge in [0, 0.05) is 31.7 Å². The van der Waals surface area contributed by atoms with Crippen LogP contribution in [0.25, 0.3) is 11.4 Å². The number of hydrogen-bond donors (Lipinski definition) is 2. The van der Waals surface area contributed by atoms with E-state index in [9.17, 15) is 9.90 Å². The number of imidazole rings is 1. The number of carbonyl (C=O) groups excluding carboxylic acids is 1. The van der Waals surface area contributed by atoms with Crippen LogP contribution in [0.1, 0.15) is 52.5 Å². The third kappa shape index (κ3) is 6.80. The van der Waals surface area contributed by atoms with Crippen LogP contribution in [0.3, 0.4) is 0 Å². The van der Waals surface area contributed by atoms with Gasteiger partial charge >= 0.3 is 0 Å². The lowest BCUT2D eigenvalue weighted by atomic mass is 10.1. The number of carbonyl (C=O) groups is 1. The number of halogens is 1. The van der Waals surface area contributed by atoms with Crippen molar-refractivity contribution in [1.82, 2.24) is 14.5 Å². The standard InChI is InChI=1S/C31H35ClN4O3/c1-4-5-16-36-27(29(32)34-31(36)25-9-7-6-8-21(25)2)20-35(18-22-10-13-24(39-3)14-11-22)19-23-12-15-26(30(33)38)28(37)17-23/h6-15,17,37H,4-5,16,18-20H2,1-3H3,(H2,33,38). The zero-order chi connectivity index (χ0) is 27.9. The zero-order valence-corrected chi connectivity index (χ0v) is 23.4. The zero-order valence-electron chi connectivity index (χ0n) is 22.7. The van der Waals surface area contributed by atoms with Gasteiger partial charge in [0.25, 0.3) is 5.91 Å². The summed E-state index contributed by atoms with van der Waals surface area (Å²) in [6.07, 6.45) is 2.04. The van der Waals surface area contributed by atoms with Gasteiger partial charge in [-0.1, -0.05) is 67.4 Å². The third-order valence-corrected chi connectivity index (χ3v) is 7.12. The molecule has 0 unspecified atom stereocenters. The highest BCUT2D eigenvalue weighted by Gasteiger charge is 2.21. The van der Waals surface area contributed by atoms with Crippen molar-refractivity contribution in [3.8, 4) is 22.9 Å². The van der Waals surface area contributed by atoms with Crippen LogP contribution in [-0.2, 0) is 26.2 Å². The van der Waals surface area contributed by atoms with Crippen molar-refractivity contribution in [2.45, 2.75) is 52.9 Å². The molecule has 0 spiro atoms. The molecular formula is C31H35ClN4O3. The largest absolute Gasteiger partial charge is 0.507 e. The molecule has 39 heavy (non-hydrogen) atoms. The normalized spacial score (nSPS) is 11.2. The SMILES string of the molecule is CCCCn1c(-c2ccccc2C)nc(Cl)c1CN(Cc1ccc(OC)cc1)Cc1ccc(C(N)=O)c(O)c1. The number of hydrogen-bond acceptors (Lipinski definition) is 5. The minimum atomic E-state index is -0.663. The Kier molecular flexibility index (Phi) is 9.28. The van der Waals surface area contributed by atoms with E-state index in [1.54, 1.807) is 19.2 Å². The number of amides is 1. The van der Waals surface area contributed by atoms with Crippen LogP contribution in [0, 0.1) is 6.92 Å². The maximum absolute atomic E-state index is 11.6. The number of phenols is 1. The van der Waals surface area contributed by atoms with E-state index in [1.165, 1.54) is 0 Å². The van der Waals surface area contributed by atoms with Crippen molar-refractivity contribution in [2.24, 2.45) is 5.73 Å². The van der Waals surface area contributed by atoms with E-state index in [2.05, 4.69) is 35.4 Å². The molecule has 4 rings (SSSR count). The van der Waals surface area contributed by atoms with E-state index in [4.69, 9.17) is 27.1 Å². The summed E-state index contributed by atoms with van der Waals surface area (Å²) in [5.41, 5.74) is 10.6. The second kappa shape index (κ2) is 12.8. The fraction of sp³-hybridized carbons (Fsp3) is 0.290. The summed E-state index contributed by atoms with van der Waals surface area (Å²) in [4.78, 5) is 18.7. The van der Waals surface area contributed by atoms with Crippen LogP contribution in [0.4, 0.5) is 0 Å². The summed E-state index contributed by atoms with van der Waals surface area (Å²) < 4.78 is 7.56. The average molecular weight is 547 g/mol. The first kappa shape index (κ1) is 28.2. The van der Waals surface area contributed by atoms with Crippen LogP contribution in [0.5, 0.6) is 11.5 Å². The quantitative estimate of drug-likeness (QED) is 0.217. The number of nitrogens with two attached hydrogens (primary N) is 1. The molecule has 0 saturated carbocycles. The molecule has 1 heterocycles. The Morgan fingerprint density at radius 3 is 2.38 bits per heavy atom. The van der Waals surface area contributed by atoms with Gasteiger partial charge in [-0.3, -0.25) is 9.69 Å². The monoisotopic (exact) mass is 546 g/mol. The second-order valence-corrected chi connectivity index (χ2v) is 10.1. The van der Waals surface area contributed by atoms with E-state index in [0.29, 0.717) is 24.8 Å². The molecule has 8 heteroatoms. The Bertz CT molecular complexity index is 1430. The molecule has 0 bridgehead atoms. The average Bonchev–Trinajstić information content (AvgIpc) is 3.22. The number of aryl methyl sites for hydroxylation is 1. The molecule has 0 saturated heterocycles. The first-order chi connectivity index (χ1) is 18.8. The first-order valence-corrected chi connectivity index (χ1v) is 13.5. The predicted molar refractivity (Wildman–Crippen MR) is 155 cm³/mol. The van der Waals surface area contributed by atoms with E-state index < -0.39 is 5.91 Å². The molecule has 0 aliphatic rings. The number of aromatic hydroxyl groups is 1. The number of benzene rings is 3. The van der Waals surface area contributed by atoms with Crippen LogP contribution < -0.4 is 10.5 Å². The molecule has 7 nitrogen and oxygen atoms in total. The van der Waals surface area contributed by atoms with Gasteiger partial charge in [0.1, 0.15) is 17.3 Å². The lowest BCUT2D eigenvalue weighted by molar-refractivity contribution is 0.0997. The number of unbranched alkanes of at least 4 members (excludes halogenated alkanes) is 1. The van der Waals surface area contributed by atoms with Crippen molar-refractivity contribution < 1.29 is 14.6 Å². The van der Waals surface area contributed by atoms with Gasteiger partial charge in [0.2, 0.25) is 0 Å². The minimum Gasteiger partial charge on any atom is -0.507 e. The van der Waals surface area contributed by atoms with Crippen molar-refractivity contribution in [2.75, 3.05) is 7.11 Å². The third-order valence-electron chi connectivity index (χ3n) is 6.82.